The Balaban J connectivity index is 3.00. The molecule has 1 nitrogen and oxygen atoms in total. The van der Waals surface area contributed by atoms with Crippen LogP contribution in [0.3, 0.4) is 0 Å². The first-order valence-corrected chi connectivity index (χ1v) is 3.90. The Morgan fingerprint density at radius 3 is 2.91 bits per heavy atom. The summed E-state index contributed by atoms with van der Waals surface area (Å²) in [6.07, 6.45) is 5.15. The third-order valence-electron chi connectivity index (χ3n) is 2.22. The second-order valence-corrected chi connectivity index (χ2v) is 3.08. The fraction of sp³-hybridized carbons (Fsp3) is 0.300. The van der Waals surface area contributed by atoms with Gasteiger partial charge in [-0.3, -0.25) is 4.98 Å². The molecule has 0 amide bonds. The van der Waals surface area contributed by atoms with Gasteiger partial charge in [-0.25, -0.2) is 0 Å². The van der Waals surface area contributed by atoms with Gasteiger partial charge < -0.3 is 0 Å². The molecule has 0 unspecified atom stereocenters. The highest BCUT2D eigenvalue weighted by Gasteiger charge is 2.01. The quantitative estimate of drug-likeness (QED) is 0.525. The summed E-state index contributed by atoms with van der Waals surface area (Å²) in [6, 6.07) is 2.07. The molecule has 1 aromatic rings. The number of aryl methyl sites for hydroxylation is 1. The number of hydrogen-bond donors (Lipinski definition) is 0. The number of fused-ring (bicyclic) bond motifs is 1. The molecular formula is C10H11N. The van der Waals surface area contributed by atoms with Gasteiger partial charge in [0.25, 0.3) is 0 Å². The maximum Gasteiger partial charge on any atom is 0.0667 e. The molecule has 0 aliphatic heterocycles. The first-order valence-electron chi connectivity index (χ1n) is 3.90. The van der Waals surface area contributed by atoms with Gasteiger partial charge in [0, 0.05) is 11.4 Å². The Bertz CT molecular complexity index is 401. The molecule has 0 radical (unpaired) electrons. The number of rotatable bonds is 0. The van der Waals surface area contributed by atoms with Gasteiger partial charge in [0.15, 0.2) is 0 Å². The smallest absolute Gasteiger partial charge is 0.0667 e. The van der Waals surface area contributed by atoms with E-state index in [4.69, 9.17) is 0 Å². The molecule has 0 N–H and O–H groups in total. The summed E-state index contributed by atoms with van der Waals surface area (Å²) in [5, 5.41) is 2.54. The fourth-order valence-corrected chi connectivity index (χ4v) is 1.64. The molecule has 1 aliphatic carbocycles. The van der Waals surface area contributed by atoms with Crippen molar-refractivity contribution in [2.75, 3.05) is 0 Å². The first-order chi connectivity index (χ1) is 5.29. The van der Waals surface area contributed by atoms with Crippen LogP contribution in [-0.2, 0) is 0 Å². The highest BCUT2D eigenvalue weighted by molar-refractivity contribution is 5.57. The zero-order valence-electron chi connectivity index (χ0n) is 6.89. The van der Waals surface area contributed by atoms with Crippen molar-refractivity contribution in [3.63, 3.8) is 0 Å². The highest BCUT2D eigenvalue weighted by Crippen LogP contribution is 2.03. The molecule has 1 aromatic heterocycles. The largest absolute Gasteiger partial charge is 0.257 e. The van der Waals surface area contributed by atoms with Crippen molar-refractivity contribution in [1.29, 1.82) is 0 Å². The van der Waals surface area contributed by atoms with Crippen LogP contribution in [0.15, 0.2) is 12.3 Å². The minimum Gasteiger partial charge on any atom is -0.257 e. The van der Waals surface area contributed by atoms with Crippen LogP contribution in [-0.4, -0.2) is 4.98 Å². The van der Waals surface area contributed by atoms with Crippen molar-refractivity contribution in [3.05, 3.63) is 28.4 Å². The molecule has 2 rings (SSSR count). The van der Waals surface area contributed by atoms with Crippen LogP contribution in [0.4, 0.5) is 0 Å². The fourth-order valence-electron chi connectivity index (χ4n) is 1.64. The Morgan fingerprint density at radius 1 is 1.36 bits per heavy atom. The molecule has 11 heavy (non-hydrogen) atoms. The average Bonchev–Trinajstić information content (AvgIpc) is 2.34. The molecule has 56 valence electrons. The van der Waals surface area contributed by atoms with E-state index in [2.05, 4.69) is 31.0 Å². The Morgan fingerprint density at radius 2 is 2.18 bits per heavy atom. The van der Waals surface area contributed by atoms with Gasteiger partial charge in [-0.2, -0.15) is 0 Å². The van der Waals surface area contributed by atoms with Gasteiger partial charge in [0.05, 0.1) is 5.35 Å². The van der Waals surface area contributed by atoms with Gasteiger partial charge >= 0.3 is 0 Å². The van der Waals surface area contributed by atoms with Crippen LogP contribution in [0.5, 0.6) is 0 Å². The van der Waals surface area contributed by atoms with Crippen LogP contribution in [0, 0.1) is 6.92 Å². The van der Waals surface area contributed by atoms with Crippen LogP contribution in [0.25, 0.3) is 11.6 Å². The standard InChI is InChI=1S/C10H11N/c1-7-3-4-9-10(7)8(2)5-6-11-9/h4-6H,3H2,1-2H3. The number of aromatic nitrogens is 1. The normalized spacial score (nSPS) is 14.5. The monoisotopic (exact) mass is 145 g/mol. The van der Waals surface area contributed by atoms with Crippen LogP contribution in [0.2, 0.25) is 0 Å². The SMILES string of the molecule is CC1=c2c(C)ccnc2=CC1. The molecule has 0 aromatic carbocycles. The highest BCUT2D eigenvalue weighted by atomic mass is 14.6. The summed E-state index contributed by atoms with van der Waals surface area (Å²) < 4.78 is 0. The lowest BCUT2D eigenvalue weighted by Crippen LogP contribution is -2.28. The molecule has 0 spiro atoms. The minimum atomic E-state index is 1.08. The average molecular weight is 145 g/mol. The van der Waals surface area contributed by atoms with Crippen LogP contribution >= 0.6 is 0 Å². The van der Waals surface area contributed by atoms with Gasteiger partial charge in [-0.05, 0) is 31.9 Å². The van der Waals surface area contributed by atoms with E-state index in [1.165, 1.54) is 21.7 Å². The minimum absolute atomic E-state index is 1.08. The van der Waals surface area contributed by atoms with E-state index >= 15 is 0 Å². The molecular weight excluding hydrogens is 134 g/mol. The summed E-state index contributed by atoms with van der Waals surface area (Å²) in [6.45, 7) is 4.32. The second-order valence-electron chi connectivity index (χ2n) is 3.08. The molecule has 0 bridgehead atoms. The maximum atomic E-state index is 4.29. The maximum absolute atomic E-state index is 4.29. The van der Waals surface area contributed by atoms with E-state index in [9.17, 15) is 0 Å². The van der Waals surface area contributed by atoms with E-state index in [1.54, 1.807) is 0 Å². The number of hydrogen-bond acceptors (Lipinski definition) is 1. The zero-order valence-corrected chi connectivity index (χ0v) is 6.89. The molecule has 0 saturated heterocycles. The summed E-state index contributed by atoms with van der Waals surface area (Å²) in [5.74, 6) is 0. The zero-order chi connectivity index (χ0) is 7.84. The van der Waals surface area contributed by atoms with Gasteiger partial charge in [0.2, 0.25) is 0 Å². The van der Waals surface area contributed by atoms with Crippen molar-refractivity contribution in [2.24, 2.45) is 0 Å². The molecule has 1 aliphatic rings. The Hall–Kier alpha value is -1.11. The molecule has 0 saturated carbocycles. The van der Waals surface area contributed by atoms with Crippen LogP contribution < -0.4 is 10.6 Å². The lowest BCUT2D eigenvalue weighted by molar-refractivity contribution is 1.19. The topological polar surface area (TPSA) is 12.9 Å². The predicted octanol–water partition coefficient (Wildman–Crippen LogP) is 0.745. The van der Waals surface area contributed by atoms with E-state index in [0.717, 1.165) is 6.42 Å². The van der Waals surface area contributed by atoms with Crippen molar-refractivity contribution in [1.82, 2.24) is 4.98 Å². The molecule has 1 heteroatoms. The Kier molecular flexibility index (Phi) is 1.31. The van der Waals surface area contributed by atoms with Crippen molar-refractivity contribution in [2.45, 2.75) is 20.3 Å². The molecule has 0 fully saturated rings. The van der Waals surface area contributed by atoms with E-state index in [-0.39, 0.29) is 0 Å². The van der Waals surface area contributed by atoms with E-state index in [0.29, 0.717) is 0 Å². The molecule has 1 heterocycles. The summed E-state index contributed by atoms with van der Waals surface area (Å²) >= 11 is 0. The first kappa shape index (κ1) is 6.59. The predicted molar refractivity (Wildman–Crippen MR) is 46.4 cm³/mol. The lowest BCUT2D eigenvalue weighted by Gasteiger charge is -1.93. The van der Waals surface area contributed by atoms with E-state index in [1.807, 2.05) is 6.20 Å². The van der Waals surface area contributed by atoms with Crippen LogP contribution in [0.1, 0.15) is 18.9 Å². The molecule has 0 atom stereocenters. The number of nitrogens with zero attached hydrogens (tertiary/aromatic N) is 1. The van der Waals surface area contributed by atoms with Gasteiger partial charge in [-0.15, -0.1) is 0 Å². The third kappa shape index (κ3) is 0.881. The third-order valence-corrected chi connectivity index (χ3v) is 2.22. The van der Waals surface area contributed by atoms with Crippen molar-refractivity contribution >= 4 is 11.6 Å². The van der Waals surface area contributed by atoms with E-state index < -0.39 is 0 Å². The lowest BCUT2D eigenvalue weighted by atomic mass is 10.1. The van der Waals surface area contributed by atoms with Crippen molar-refractivity contribution in [3.8, 4) is 0 Å². The second kappa shape index (κ2) is 2.19. The summed E-state index contributed by atoms with van der Waals surface area (Å²) in [7, 11) is 0. The van der Waals surface area contributed by atoms with Crippen molar-refractivity contribution < 1.29 is 0 Å². The van der Waals surface area contributed by atoms with Gasteiger partial charge in [0.1, 0.15) is 0 Å². The summed E-state index contributed by atoms with van der Waals surface area (Å²) in [4.78, 5) is 4.29. The summed E-state index contributed by atoms with van der Waals surface area (Å²) in [5.41, 5.74) is 2.80. The Labute approximate surface area is 66.1 Å². The van der Waals surface area contributed by atoms with Gasteiger partial charge in [-0.1, -0.05) is 11.6 Å². The number of pyridine rings is 1.